The van der Waals surface area contributed by atoms with E-state index in [2.05, 4.69) is 25.5 Å². The Morgan fingerprint density at radius 2 is 2.10 bits per heavy atom. The predicted molar refractivity (Wildman–Crippen MR) is 114 cm³/mol. The molecule has 1 N–H and O–H groups in total. The van der Waals surface area contributed by atoms with Crippen LogP contribution in [-0.2, 0) is 16.1 Å². The number of ether oxygens (including phenoxy) is 1. The Balaban J connectivity index is 1.47. The molecule has 2 aromatic rings. The Morgan fingerprint density at radius 1 is 1.34 bits per heavy atom. The molecule has 158 valence electrons. The Hall–Kier alpha value is -1.58. The molecule has 0 saturated carbocycles. The number of methoxy groups -OCH3 is 1. The molecule has 0 radical (unpaired) electrons. The van der Waals surface area contributed by atoms with Gasteiger partial charge in [-0.05, 0) is 44.6 Å². The van der Waals surface area contributed by atoms with Crippen molar-refractivity contribution in [2.45, 2.75) is 26.0 Å². The lowest BCUT2D eigenvalue weighted by Gasteiger charge is -2.21. The van der Waals surface area contributed by atoms with Crippen LogP contribution in [0.3, 0.4) is 0 Å². The second kappa shape index (κ2) is 10.4. The van der Waals surface area contributed by atoms with E-state index in [4.69, 9.17) is 16.3 Å². The van der Waals surface area contributed by atoms with Crippen molar-refractivity contribution in [1.29, 1.82) is 0 Å². The third kappa shape index (κ3) is 6.45. The van der Waals surface area contributed by atoms with E-state index in [0.717, 1.165) is 49.8 Å². The van der Waals surface area contributed by atoms with Crippen molar-refractivity contribution < 1.29 is 13.9 Å². The fraction of sp³-hybridized carbons (Fsp3) is 0.500. The average molecular weight is 441 g/mol. The molecule has 29 heavy (non-hydrogen) atoms. The molecule has 2 heterocycles. The van der Waals surface area contributed by atoms with Crippen LogP contribution in [0.15, 0.2) is 23.6 Å². The average Bonchev–Trinajstić information content (AvgIpc) is 3.05. The van der Waals surface area contributed by atoms with Crippen LogP contribution in [0.2, 0.25) is 5.02 Å². The summed E-state index contributed by atoms with van der Waals surface area (Å²) >= 11 is 7.40. The van der Waals surface area contributed by atoms with E-state index < -0.39 is 5.82 Å². The number of carbonyl (C=O) groups is 1. The molecule has 1 fully saturated rings. The van der Waals surface area contributed by atoms with E-state index in [0.29, 0.717) is 12.2 Å². The highest BCUT2D eigenvalue weighted by Crippen LogP contribution is 2.22. The third-order valence-electron chi connectivity index (χ3n) is 4.91. The highest BCUT2D eigenvalue weighted by molar-refractivity contribution is 7.09. The van der Waals surface area contributed by atoms with E-state index in [1.54, 1.807) is 18.4 Å². The fourth-order valence-electron chi connectivity index (χ4n) is 3.23. The number of carbonyl (C=O) groups excluding carboxylic acids is 1. The van der Waals surface area contributed by atoms with Crippen LogP contribution < -0.4 is 5.32 Å². The predicted octanol–water partition coefficient (Wildman–Crippen LogP) is 3.79. The number of benzene rings is 1. The molecule has 6 nitrogen and oxygen atoms in total. The van der Waals surface area contributed by atoms with Gasteiger partial charge < -0.3 is 10.1 Å². The van der Waals surface area contributed by atoms with E-state index in [1.165, 1.54) is 18.2 Å². The van der Waals surface area contributed by atoms with Crippen molar-refractivity contribution in [2.75, 3.05) is 45.2 Å². The van der Waals surface area contributed by atoms with E-state index >= 15 is 0 Å². The van der Waals surface area contributed by atoms with Crippen molar-refractivity contribution in [1.82, 2.24) is 14.8 Å². The fourth-order valence-corrected chi connectivity index (χ4v) is 4.25. The number of rotatable bonds is 7. The second-order valence-electron chi connectivity index (χ2n) is 7.14. The molecule has 0 bridgehead atoms. The van der Waals surface area contributed by atoms with Crippen molar-refractivity contribution in [2.24, 2.45) is 0 Å². The summed E-state index contributed by atoms with van der Waals surface area (Å²) in [6.07, 6.45) is 1.00. The van der Waals surface area contributed by atoms with Crippen LogP contribution in [0.25, 0.3) is 0 Å². The molecule has 1 aliphatic rings. The zero-order chi connectivity index (χ0) is 20.8. The van der Waals surface area contributed by atoms with Crippen molar-refractivity contribution in [3.8, 4) is 0 Å². The molecular formula is C20H26ClFN4O2S. The van der Waals surface area contributed by atoms with Gasteiger partial charge >= 0.3 is 0 Å². The van der Waals surface area contributed by atoms with Crippen molar-refractivity contribution in [3.05, 3.63) is 45.1 Å². The quantitative estimate of drug-likeness (QED) is 0.709. The molecule has 1 saturated heterocycles. The van der Waals surface area contributed by atoms with Crippen LogP contribution in [-0.4, -0.2) is 60.5 Å². The number of anilines is 1. The number of hydrogen-bond donors (Lipinski definition) is 1. The van der Waals surface area contributed by atoms with Crippen LogP contribution in [0.1, 0.15) is 30.2 Å². The molecule has 1 atom stereocenters. The first kappa shape index (κ1) is 22.1. The van der Waals surface area contributed by atoms with Crippen LogP contribution >= 0.6 is 22.9 Å². The van der Waals surface area contributed by atoms with E-state index in [-0.39, 0.29) is 17.0 Å². The highest BCUT2D eigenvalue weighted by Gasteiger charge is 2.19. The molecule has 1 amide bonds. The molecule has 0 aliphatic carbocycles. The monoisotopic (exact) mass is 440 g/mol. The lowest BCUT2D eigenvalue weighted by molar-refractivity contribution is -0.117. The van der Waals surface area contributed by atoms with Gasteiger partial charge in [-0.15, -0.1) is 11.3 Å². The maximum absolute atomic E-state index is 13.2. The molecule has 1 aromatic carbocycles. The number of nitrogens with zero attached hydrogens (tertiary/aromatic N) is 3. The zero-order valence-electron chi connectivity index (χ0n) is 16.7. The first-order valence-corrected chi connectivity index (χ1v) is 10.9. The molecule has 3 rings (SSSR count). The molecule has 1 aliphatic heterocycles. The van der Waals surface area contributed by atoms with Crippen molar-refractivity contribution in [3.63, 3.8) is 0 Å². The van der Waals surface area contributed by atoms with E-state index in [1.807, 2.05) is 6.92 Å². The lowest BCUT2D eigenvalue weighted by Crippen LogP contribution is -2.36. The van der Waals surface area contributed by atoms with Gasteiger partial charge in [-0.2, -0.15) is 0 Å². The number of halogens is 2. The Kier molecular flexibility index (Phi) is 7.97. The number of hydrogen-bond acceptors (Lipinski definition) is 6. The lowest BCUT2D eigenvalue weighted by atomic mass is 10.3. The number of nitrogens with one attached hydrogen (secondary N) is 1. The normalized spacial score (nSPS) is 17.1. The van der Waals surface area contributed by atoms with Gasteiger partial charge in [0.25, 0.3) is 0 Å². The summed E-state index contributed by atoms with van der Waals surface area (Å²) in [5.74, 6) is -0.625. The van der Waals surface area contributed by atoms with Crippen molar-refractivity contribution >= 4 is 34.5 Å². The van der Waals surface area contributed by atoms with Gasteiger partial charge in [-0.25, -0.2) is 9.37 Å². The molecular weight excluding hydrogens is 415 g/mol. The Morgan fingerprint density at radius 3 is 2.86 bits per heavy atom. The second-order valence-corrected chi connectivity index (χ2v) is 8.43. The highest BCUT2D eigenvalue weighted by atomic mass is 35.5. The minimum Gasteiger partial charge on any atom is -0.375 e. The summed E-state index contributed by atoms with van der Waals surface area (Å²) in [4.78, 5) is 21.5. The minimum absolute atomic E-state index is 0.00157. The number of aromatic nitrogens is 1. The molecule has 9 heteroatoms. The molecule has 1 aromatic heterocycles. The van der Waals surface area contributed by atoms with Gasteiger partial charge in [0, 0.05) is 37.8 Å². The largest absolute Gasteiger partial charge is 0.375 e. The first-order valence-electron chi connectivity index (χ1n) is 9.61. The standard InChI is InChI=1S/C20H26ClFN4O2S/c1-14(28-2)20-24-16(13-29-20)11-25-6-3-7-26(9-8-25)12-19(27)23-15-4-5-18(22)17(21)10-15/h4-5,10,13-14H,3,6-9,11-12H2,1-2H3,(H,23,27)/t14-/m0/s1. The maximum atomic E-state index is 13.2. The summed E-state index contributed by atoms with van der Waals surface area (Å²) < 4.78 is 18.6. The molecule has 0 unspecified atom stereocenters. The Labute approximate surface area is 179 Å². The van der Waals surface area contributed by atoms with Gasteiger partial charge in [0.15, 0.2) is 0 Å². The SMILES string of the molecule is CO[C@@H](C)c1nc(CN2CCCN(CC(=O)Nc3ccc(F)c(Cl)c3)CC2)cs1. The number of amides is 1. The van der Waals surface area contributed by atoms with Crippen LogP contribution in [0, 0.1) is 5.82 Å². The maximum Gasteiger partial charge on any atom is 0.238 e. The minimum atomic E-state index is -0.499. The third-order valence-corrected chi connectivity index (χ3v) is 6.25. The molecule has 0 spiro atoms. The number of thiazole rings is 1. The summed E-state index contributed by atoms with van der Waals surface area (Å²) in [5, 5.41) is 5.87. The first-order chi connectivity index (χ1) is 13.9. The van der Waals surface area contributed by atoms with Gasteiger partial charge in [-0.1, -0.05) is 11.6 Å². The smallest absolute Gasteiger partial charge is 0.238 e. The van der Waals surface area contributed by atoms with E-state index in [9.17, 15) is 9.18 Å². The van der Waals surface area contributed by atoms with Gasteiger partial charge in [-0.3, -0.25) is 14.6 Å². The summed E-state index contributed by atoms with van der Waals surface area (Å²) in [6, 6.07) is 4.18. The van der Waals surface area contributed by atoms with Gasteiger partial charge in [0.1, 0.15) is 16.9 Å². The summed E-state index contributed by atoms with van der Waals surface area (Å²) in [7, 11) is 1.69. The van der Waals surface area contributed by atoms with Gasteiger partial charge in [0.2, 0.25) is 5.91 Å². The van der Waals surface area contributed by atoms with Crippen LogP contribution in [0.5, 0.6) is 0 Å². The summed E-state index contributed by atoms with van der Waals surface area (Å²) in [5.41, 5.74) is 1.57. The van der Waals surface area contributed by atoms with Crippen LogP contribution in [0.4, 0.5) is 10.1 Å². The topological polar surface area (TPSA) is 57.7 Å². The summed E-state index contributed by atoms with van der Waals surface area (Å²) in [6.45, 7) is 6.62. The zero-order valence-corrected chi connectivity index (χ0v) is 18.2. The Bertz CT molecular complexity index is 835. The van der Waals surface area contributed by atoms with Gasteiger partial charge in [0.05, 0.1) is 17.3 Å².